The number of H-pyrrole nitrogens is 1. The molecule has 11 nitrogen and oxygen atoms in total. The number of rotatable bonds is 10. The van der Waals surface area contributed by atoms with Gasteiger partial charge in [0.1, 0.15) is 5.75 Å². The molecule has 2 aromatic heterocycles. The molecule has 0 saturated heterocycles. The second-order valence-electron chi connectivity index (χ2n) is 7.61. The van der Waals surface area contributed by atoms with Gasteiger partial charge in [-0.15, -0.1) is 12.4 Å². The van der Waals surface area contributed by atoms with Crippen LogP contribution in [0, 0.1) is 0 Å². The number of imidazole rings is 1. The predicted molar refractivity (Wildman–Crippen MR) is 140 cm³/mol. The number of carbonyl (C=O) groups is 1. The van der Waals surface area contributed by atoms with E-state index in [9.17, 15) is 4.79 Å². The van der Waals surface area contributed by atoms with Crippen molar-refractivity contribution in [3.63, 3.8) is 0 Å². The van der Waals surface area contributed by atoms with Crippen molar-refractivity contribution in [3.05, 3.63) is 54.7 Å². The Morgan fingerprint density at radius 2 is 1.68 bits per heavy atom. The zero-order valence-electron chi connectivity index (χ0n) is 20.8. The van der Waals surface area contributed by atoms with Crippen molar-refractivity contribution in [2.45, 2.75) is 6.42 Å². The van der Waals surface area contributed by atoms with Crippen LogP contribution in [0.3, 0.4) is 0 Å². The highest BCUT2D eigenvalue weighted by atomic mass is 35.5. The highest BCUT2D eigenvalue weighted by Gasteiger charge is 2.20. The molecule has 0 bridgehead atoms. The number of nitrogens with zero attached hydrogens (tertiary/aromatic N) is 2. The number of hydrogen-bond acceptors (Lipinski definition) is 8. The molecule has 3 N–H and O–H groups in total. The van der Waals surface area contributed by atoms with E-state index in [1.54, 1.807) is 64.3 Å². The Labute approximate surface area is 219 Å². The van der Waals surface area contributed by atoms with Crippen LogP contribution in [0.15, 0.2) is 53.6 Å². The van der Waals surface area contributed by atoms with Gasteiger partial charge in [0.15, 0.2) is 17.3 Å². The minimum absolute atomic E-state index is 0. The van der Waals surface area contributed by atoms with Crippen molar-refractivity contribution in [3.8, 4) is 45.4 Å². The number of benzene rings is 2. The van der Waals surface area contributed by atoms with Gasteiger partial charge in [0, 0.05) is 36.0 Å². The van der Waals surface area contributed by atoms with Gasteiger partial charge in [-0.1, -0.05) is 11.2 Å². The van der Waals surface area contributed by atoms with Gasteiger partial charge in [-0.25, -0.2) is 9.78 Å². The SMILES string of the molecule is COc1ccc(-c2cnoc2-c2cc(OC)c(OC)c(OC)c2)cc1NC(=O)NCCc1cnc[nH]1.Cl. The number of nitrogens with one attached hydrogen (secondary N) is 3. The van der Waals surface area contributed by atoms with Gasteiger partial charge >= 0.3 is 6.03 Å². The molecule has 0 aliphatic carbocycles. The van der Waals surface area contributed by atoms with Crippen LogP contribution >= 0.6 is 12.4 Å². The van der Waals surface area contributed by atoms with Crippen LogP contribution in [0.1, 0.15) is 5.69 Å². The molecule has 0 aliphatic heterocycles. The van der Waals surface area contributed by atoms with E-state index in [1.165, 1.54) is 7.11 Å². The van der Waals surface area contributed by atoms with E-state index in [-0.39, 0.29) is 18.4 Å². The fraction of sp³-hybridized carbons (Fsp3) is 0.240. The molecule has 0 aliphatic rings. The van der Waals surface area contributed by atoms with E-state index in [4.69, 9.17) is 23.5 Å². The van der Waals surface area contributed by atoms with Crippen LogP contribution in [0.25, 0.3) is 22.5 Å². The van der Waals surface area contributed by atoms with Crippen molar-refractivity contribution in [2.24, 2.45) is 0 Å². The van der Waals surface area contributed by atoms with Crippen LogP contribution < -0.4 is 29.6 Å². The lowest BCUT2D eigenvalue weighted by Crippen LogP contribution is -2.30. The number of carbonyl (C=O) groups excluding carboxylic acids is 1. The van der Waals surface area contributed by atoms with Crippen molar-refractivity contribution in [2.75, 3.05) is 40.3 Å². The molecule has 2 amide bonds. The first-order chi connectivity index (χ1) is 17.6. The maximum atomic E-state index is 12.5. The fourth-order valence-corrected chi connectivity index (χ4v) is 3.74. The third kappa shape index (κ3) is 6.07. The monoisotopic (exact) mass is 529 g/mol. The first-order valence-corrected chi connectivity index (χ1v) is 11.0. The van der Waals surface area contributed by atoms with E-state index in [2.05, 4.69) is 25.8 Å². The number of anilines is 1. The number of methoxy groups -OCH3 is 4. The quantitative estimate of drug-likeness (QED) is 0.272. The van der Waals surface area contributed by atoms with Gasteiger partial charge in [-0.05, 0) is 29.8 Å². The number of aromatic amines is 1. The molecule has 196 valence electrons. The molecule has 0 unspecified atom stereocenters. The van der Waals surface area contributed by atoms with Crippen molar-refractivity contribution in [1.82, 2.24) is 20.4 Å². The molecule has 0 saturated carbocycles. The lowest BCUT2D eigenvalue weighted by Gasteiger charge is -2.14. The molecular weight excluding hydrogens is 502 g/mol. The van der Waals surface area contributed by atoms with Crippen LogP contribution in [0.2, 0.25) is 0 Å². The third-order valence-electron chi connectivity index (χ3n) is 5.49. The molecule has 2 aromatic carbocycles. The van der Waals surface area contributed by atoms with Gasteiger partial charge < -0.3 is 39.1 Å². The zero-order chi connectivity index (χ0) is 25.5. The molecular formula is C25H28ClN5O6. The van der Waals surface area contributed by atoms with Crippen molar-refractivity contribution in [1.29, 1.82) is 0 Å². The van der Waals surface area contributed by atoms with Crippen LogP contribution in [-0.4, -0.2) is 56.1 Å². The summed E-state index contributed by atoms with van der Waals surface area (Å²) in [6.45, 7) is 0.437. The molecule has 12 heteroatoms. The number of amides is 2. The highest BCUT2D eigenvalue weighted by Crippen LogP contribution is 2.44. The lowest BCUT2D eigenvalue weighted by molar-refractivity contribution is 0.252. The summed E-state index contributed by atoms with van der Waals surface area (Å²) in [7, 11) is 6.17. The molecule has 0 radical (unpaired) electrons. The van der Waals surface area contributed by atoms with Crippen LogP contribution in [0.5, 0.6) is 23.0 Å². The highest BCUT2D eigenvalue weighted by molar-refractivity contribution is 5.93. The average molecular weight is 530 g/mol. The summed E-state index contributed by atoms with van der Waals surface area (Å²) in [6.07, 6.45) is 5.55. The molecule has 2 heterocycles. The number of urea groups is 1. The summed E-state index contributed by atoms with van der Waals surface area (Å²) < 4.78 is 27.4. The Bertz CT molecular complexity index is 1300. The fourth-order valence-electron chi connectivity index (χ4n) is 3.74. The van der Waals surface area contributed by atoms with E-state index in [0.29, 0.717) is 58.5 Å². The third-order valence-corrected chi connectivity index (χ3v) is 5.49. The number of halogens is 1. The maximum absolute atomic E-state index is 12.5. The Kier molecular flexibility index (Phi) is 9.22. The predicted octanol–water partition coefficient (Wildman–Crippen LogP) is 4.55. The molecule has 4 aromatic rings. The molecule has 0 spiro atoms. The number of ether oxygens (including phenoxy) is 4. The Morgan fingerprint density at radius 1 is 0.946 bits per heavy atom. The van der Waals surface area contributed by atoms with Gasteiger partial charge in [-0.2, -0.15) is 0 Å². The molecule has 0 atom stereocenters. The average Bonchev–Trinajstić information content (AvgIpc) is 3.60. The van der Waals surface area contributed by atoms with Gasteiger partial charge in [0.25, 0.3) is 0 Å². The minimum Gasteiger partial charge on any atom is -0.495 e. The van der Waals surface area contributed by atoms with E-state index < -0.39 is 0 Å². The summed E-state index contributed by atoms with van der Waals surface area (Å²) in [6, 6.07) is 8.61. The van der Waals surface area contributed by atoms with E-state index in [0.717, 1.165) is 11.3 Å². The Hall–Kier alpha value is -4.38. The summed E-state index contributed by atoms with van der Waals surface area (Å²) in [4.78, 5) is 19.5. The second kappa shape index (κ2) is 12.5. The topological polar surface area (TPSA) is 133 Å². The molecule has 4 rings (SSSR count). The summed E-state index contributed by atoms with van der Waals surface area (Å²) in [5, 5.41) is 9.67. The van der Waals surface area contributed by atoms with Crippen molar-refractivity contribution >= 4 is 24.1 Å². The summed E-state index contributed by atoms with van der Waals surface area (Å²) in [5.41, 5.74) is 3.56. The zero-order valence-corrected chi connectivity index (χ0v) is 21.6. The number of hydrogen-bond donors (Lipinski definition) is 3. The van der Waals surface area contributed by atoms with E-state index >= 15 is 0 Å². The minimum atomic E-state index is -0.361. The van der Waals surface area contributed by atoms with Gasteiger partial charge in [-0.3, -0.25) is 0 Å². The standard InChI is InChI=1S/C25H27N5O6.ClH/c1-32-20-6-5-15(9-19(20)30-25(31)27-8-7-17-12-26-14-28-17)18-13-29-36-23(18)16-10-21(33-2)24(35-4)22(11-16)34-3;/h5-6,9-14H,7-8H2,1-4H3,(H,26,28)(H2,27,30,31);1H. The smallest absolute Gasteiger partial charge is 0.319 e. The number of aromatic nitrogens is 3. The Balaban J connectivity index is 0.00000380. The summed E-state index contributed by atoms with van der Waals surface area (Å²) in [5.74, 6) is 2.44. The van der Waals surface area contributed by atoms with E-state index in [1.807, 2.05) is 6.07 Å². The van der Waals surface area contributed by atoms with Crippen LogP contribution in [0.4, 0.5) is 10.5 Å². The largest absolute Gasteiger partial charge is 0.495 e. The van der Waals surface area contributed by atoms with Crippen molar-refractivity contribution < 1.29 is 28.3 Å². The maximum Gasteiger partial charge on any atom is 0.319 e. The van der Waals surface area contributed by atoms with Gasteiger partial charge in [0.2, 0.25) is 5.75 Å². The first kappa shape index (κ1) is 27.2. The Morgan fingerprint density at radius 3 is 2.30 bits per heavy atom. The van der Waals surface area contributed by atoms with Gasteiger partial charge in [0.05, 0.1) is 46.7 Å². The first-order valence-electron chi connectivity index (χ1n) is 11.0. The molecule has 0 fully saturated rings. The summed E-state index contributed by atoms with van der Waals surface area (Å²) >= 11 is 0. The second-order valence-corrected chi connectivity index (χ2v) is 7.61. The van der Waals surface area contributed by atoms with Crippen LogP contribution in [-0.2, 0) is 6.42 Å². The molecule has 37 heavy (non-hydrogen) atoms. The lowest BCUT2D eigenvalue weighted by atomic mass is 10.0. The normalized spacial score (nSPS) is 10.3.